The van der Waals surface area contributed by atoms with Crippen LogP contribution in [0.15, 0.2) is 34.9 Å². The van der Waals surface area contributed by atoms with Crippen LogP contribution < -0.4 is 10.5 Å². The van der Waals surface area contributed by atoms with Gasteiger partial charge < -0.3 is 10.5 Å². The molecule has 0 saturated carbocycles. The molecule has 19 heavy (non-hydrogen) atoms. The highest BCUT2D eigenvalue weighted by Gasteiger charge is 2.07. The second-order valence-electron chi connectivity index (χ2n) is 4.39. The monoisotopic (exact) mass is 321 g/mol. The lowest BCUT2D eigenvalue weighted by Crippen LogP contribution is -2.19. The summed E-state index contributed by atoms with van der Waals surface area (Å²) in [4.78, 5) is 8.76. The van der Waals surface area contributed by atoms with Gasteiger partial charge in [-0.15, -0.1) is 0 Å². The van der Waals surface area contributed by atoms with E-state index >= 15 is 0 Å². The third-order valence-corrected chi connectivity index (χ3v) is 3.28. The summed E-state index contributed by atoms with van der Waals surface area (Å²) in [6.45, 7) is 1.94. The molecule has 0 amide bonds. The molecule has 1 unspecified atom stereocenters. The second kappa shape index (κ2) is 6.12. The largest absolute Gasteiger partial charge is 0.496 e. The molecule has 100 valence electrons. The van der Waals surface area contributed by atoms with Crippen molar-refractivity contribution < 1.29 is 4.74 Å². The molecule has 0 aliphatic rings. The van der Waals surface area contributed by atoms with Crippen LogP contribution in [-0.2, 0) is 6.42 Å². The van der Waals surface area contributed by atoms with Crippen molar-refractivity contribution in [3.8, 4) is 17.0 Å². The topological polar surface area (TPSA) is 61.0 Å². The summed E-state index contributed by atoms with van der Waals surface area (Å²) in [5.74, 6) is 1.56. The third kappa shape index (κ3) is 3.52. The maximum absolute atomic E-state index is 5.77. The van der Waals surface area contributed by atoms with Gasteiger partial charge in [0, 0.05) is 24.2 Å². The van der Waals surface area contributed by atoms with Crippen molar-refractivity contribution in [2.75, 3.05) is 7.11 Å². The van der Waals surface area contributed by atoms with E-state index in [0.29, 0.717) is 6.42 Å². The molecule has 0 aliphatic carbocycles. The minimum absolute atomic E-state index is 0.0536. The van der Waals surface area contributed by atoms with Crippen molar-refractivity contribution >= 4 is 15.9 Å². The number of benzene rings is 1. The lowest BCUT2D eigenvalue weighted by molar-refractivity contribution is 0.412. The first-order valence-electron chi connectivity index (χ1n) is 6.01. The van der Waals surface area contributed by atoms with Crippen molar-refractivity contribution in [1.29, 1.82) is 0 Å². The highest BCUT2D eigenvalue weighted by molar-refractivity contribution is 9.10. The van der Waals surface area contributed by atoms with Crippen molar-refractivity contribution in [2.24, 2.45) is 5.73 Å². The van der Waals surface area contributed by atoms with Gasteiger partial charge >= 0.3 is 0 Å². The van der Waals surface area contributed by atoms with Crippen LogP contribution in [0, 0.1) is 0 Å². The van der Waals surface area contributed by atoms with Gasteiger partial charge in [0.25, 0.3) is 0 Å². The number of nitrogens with two attached hydrogens (primary N) is 1. The van der Waals surface area contributed by atoms with Gasteiger partial charge in [0.05, 0.1) is 17.3 Å². The zero-order chi connectivity index (χ0) is 13.8. The minimum Gasteiger partial charge on any atom is -0.496 e. The molecule has 1 atom stereocenters. The standard InChI is InChI=1S/C14H16BrN3O/c1-9(16)7-14-17-6-5-12(18-14)10-3-4-13(19-2)11(15)8-10/h3-6,8-9H,7,16H2,1-2H3. The fourth-order valence-electron chi connectivity index (χ4n) is 1.77. The van der Waals surface area contributed by atoms with E-state index in [1.165, 1.54) is 0 Å². The van der Waals surface area contributed by atoms with Crippen molar-refractivity contribution in [3.05, 3.63) is 40.8 Å². The molecule has 1 heterocycles. The van der Waals surface area contributed by atoms with Crippen LogP contribution in [0.5, 0.6) is 5.75 Å². The lowest BCUT2D eigenvalue weighted by atomic mass is 10.1. The van der Waals surface area contributed by atoms with Gasteiger partial charge in [-0.05, 0) is 47.1 Å². The molecule has 1 aromatic carbocycles. The number of aromatic nitrogens is 2. The Morgan fingerprint density at radius 1 is 1.37 bits per heavy atom. The Morgan fingerprint density at radius 2 is 2.16 bits per heavy atom. The molecule has 0 saturated heterocycles. The fraction of sp³-hybridized carbons (Fsp3) is 0.286. The van der Waals surface area contributed by atoms with Gasteiger partial charge in [-0.1, -0.05) is 0 Å². The van der Waals surface area contributed by atoms with Crippen LogP contribution in [0.1, 0.15) is 12.7 Å². The Kier molecular flexibility index (Phi) is 4.50. The number of halogens is 1. The third-order valence-electron chi connectivity index (χ3n) is 2.66. The summed E-state index contributed by atoms with van der Waals surface area (Å²) in [6, 6.07) is 7.81. The number of rotatable bonds is 4. The van der Waals surface area contributed by atoms with Gasteiger partial charge in [0.2, 0.25) is 0 Å². The van der Waals surface area contributed by atoms with Crippen LogP contribution in [0.4, 0.5) is 0 Å². The van der Waals surface area contributed by atoms with Crippen molar-refractivity contribution in [3.63, 3.8) is 0 Å². The molecular weight excluding hydrogens is 306 g/mol. The zero-order valence-electron chi connectivity index (χ0n) is 10.9. The summed E-state index contributed by atoms with van der Waals surface area (Å²) in [6.07, 6.45) is 2.43. The Morgan fingerprint density at radius 3 is 2.79 bits per heavy atom. The fourth-order valence-corrected chi connectivity index (χ4v) is 2.31. The molecule has 2 N–H and O–H groups in total. The van der Waals surface area contributed by atoms with E-state index in [-0.39, 0.29) is 6.04 Å². The summed E-state index contributed by atoms with van der Waals surface area (Å²) in [5.41, 5.74) is 7.67. The molecule has 5 heteroatoms. The molecule has 4 nitrogen and oxygen atoms in total. The number of hydrogen-bond acceptors (Lipinski definition) is 4. The van der Waals surface area contributed by atoms with Crippen LogP contribution in [0.3, 0.4) is 0 Å². The Bertz CT molecular complexity index is 572. The summed E-state index contributed by atoms with van der Waals surface area (Å²) in [5, 5.41) is 0. The predicted molar refractivity (Wildman–Crippen MR) is 79.1 cm³/mol. The van der Waals surface area contributed by atoms with Crippen LogP contribution in [0.2, 0.25) is 0 Å². The van der Waals surface area contributed by atoms with Crippen LogP contribution in [-0.4, -0.2) is 23.1 Å². The van der Waals surface area contributed by atoms with E-state index in [4.69, 9.17) is 10.5 Å². The highest BCUT2D eigenvalue weighted by atomic mass is 79.9. The molecule has 0 bridgehead atoms. The average Bonchev–Trinajstić information content (AvgIpc) is 2.38. The number of methoxy groups -OCH3 is 1. The molecule has 0 radical (unpaired) electrons. The van der Waals surface area contributed by atoms with E-state index in [1.807, 2.05) is 31.2 Å². The number of nitrogens with zero attached hydrogens (tertiary/aromatic N) is 2. The quantitative estimate of drug-likeness (QED) is 0.940. The van der Waals surface area contributed by atoms with E-state index in [0.717, 1.165) is 27.3 Å². The van der Waals surface area contributed by atoms with E-state index in [2.05, 4.69) is 25.9 Å². The van der Waals surface area contributed by atoms with Crippen LogP contribution in [0.25, 0.3) is 11.3 Å². The zero-order valence-corrected chi connectivity index (χ0v) is 12.5. The van der Waals surface area contributed by atoms with Gasteiger partial charge in [-0.25, -0.2) is 9.97 Å². The summed E-state index contributed by atoms with van der Waals surface area (Å²) in [7, 11) is 1.64. The minimum atomic E-state index is 0.0536. The molecule has 0 spiro atoms. The Hall–Kier alpha value is -1.46. The molecule has 0 fully saturated rings. The van der Waals surface area contributed by atoms with Crippen molar-refractivity contribution in [2.45, 2.75) is 19.4 Å². The first kappa shape index (κ1) is 14.0. The first-order valence-corrected chi connectivity index (χ1v) is 6.81. The Balaban J connectivity index is 2.33. The molecule has 2 rings (SSSR count). The van der Waals surface area contributed by atoms with E-state index in [1.54, 1.807) is 13.3 Å². The molecule has 1 aromatic heterocycles. The SMILES string of the molecule is COc1ccc(-c2ccnc(CC(C)N)n2)cc1Br. The number of hydrogen-bond donors (Lipinski definition) is 1. The van der Waals surface area contributed by atoms with Gasteiger partial charge in [-0.3, -0.25) is 0 Å². The van der Waals surface area contributed by atoms with Gasteiger partial charge in [-0.2, -0.15) is 0 Å². The second-order valence-corrected chi connectivity index (χ2v) is 5.24. The summed E-state index contributed by atoms with van der Waals surface area (Å²) < 4.78 is 6.12. The van der Waals surface area contributed by atoms with E-state index in [9.17, 15) is 0 Å². The molecule has 2 aromatic rings. The maximum Gasteiger partial charge on any atom is 0.133 e. The predicted octanol–water partition coefficient (Wildman–Crippen LogP) is 2.80. The summed E-state index contributed by atoms with van der Waals surface area (Å²) >= 11 is 3.47. The average molecular weight is 322 g/mol. The maximum atomic E-state index is 5.77. The highest BCUT2D eigenvalue weighted by Crippen LogP contribution is 2.29. The normalized spacial score (nSPS) is 12.2. The lowest BCUT2D eigenvalue weighted by Gasteiger charge is -2.08. The first-order chi connectivity index (χ1) is 9.10. The smallest absolute Gasteiger partial charge is 0.133 e. The van der Waals surface area contributed by atoms with Gasteiger partial charge in [0.15, 0.2) is 0 Å². The van der Waals surface area contributed by atoms with Crippen molar-refractivity contribution in [1.82, 2.24) is 9.97 Å². The van der Waals surface area contributed by atoms with Gasteiger partial charge in [0.1, 0.15) is 11.6 Å². The van der Waals surface area contributed by atoms with Crippen LogP contribution >= 0.6 is 15.9 Å². The molecular formula is C14H16BrN3O. The number of ether oxygens (including phenoxy) is 1. The Labute approximate surface area is 121 Å². The molecule has 0 aliphatic heterocycles. The van der Waals surface area contributed by atoms with E-state index < -0.39 is 0 Å².